The third-order valence-electron chi connectivity index (χ3n) is 4.62. The van der Waals surface area contributed by atoms with Crippen molar-refractivity contribution in [2.24, 2.45) is 0 Å². The van der Waals surface area contributed by atoms with E-state index in [0.717, 1.165) is 39.5 Å². The van der Waals surface area contributed by atoms with Gasteiger partial charge in [-0.05, 0) is 60.9 Å². The molecule has 0 bridgehead atoms. The van der Waals surface area contributed by atoms with Gasteiger partial charge in [0, 0.05) is 11.4 Å². The zero-order valence-corrected chi connectivity index (χ0v) is 14.9. The molecule has 1 aliphatic rings. The van der Waals surface area contributed by atoms with Crippen LogP contribution in [0.25, 0.3) is 11.1 Å². The molecule has 0 fully saturated rings. The maximum absolute atomic E-state index is 12.3. The van der Waals surface area contributed by atoms with E-state index in [-0.39, 0.29) is 11.9 Å². The number of amides is 1. The lowest BCUT2D eigenvalue weighted by Gasteiger charge is -2.18. The Morgan fingerprint density at radius 1 is 0.885 bits per heavy atom. The van der Waals surface area contributed by atoms with E-state index in [1.807, 2.05) is 44.2 Å². The molecule has 1 unspecified atom stereocenters. The van der Waals surface area contributed by atoms with Crippen molar-refractivity contribution in [1.29, 1.82) is 0 Å². The number of rotatable bonds is 2. The van der Waals surface area contributed by atoms with Crippen LogP contribution in [0.1, 0.15) is 29.4 Å². The van der Waals surface area contributed by atoms with E-state index in [1.54, 1.807) is 0 Å². The molecular formula is C22H21N3O. The normalized spacial score (nSPS) is 16.2. The number of nitrogens with zero attached hydrogens (tertiary/aromatic N) is 1. The summed E-state index contributed by atoms with van der Waals surface area (Å²) < 4.78 is 0. The zero-order valence-electron chi connectivity index (χ0n) is 14.9. The fourth-order valence-corrected chi connectivity index (χ4v) is 3.48. The number of aromatic nitrogens is 1. The van der Waals surface area contributed by atoms with Crippen molar-refractivity contribution < 1.29 is 4.79 Å². The molecule has 1 amide bonds. The molecule has 2 N–H and O–H groups in total. The summed E-state index contributed by atoms with van der Waals surface area (Å²) in [5.74, 6) is 0.0217. The lowest BCUT2D eigenvalue weighted by atomic mass is 9.97. The number of para-hydroxylation sites is 2. The van der Waals surface area contributed by atoms with Gasteiger partial charge in [-0.25, -0.2) is 0 Å². The molecule has 4 rings (SSSR count). The minimum absolute atomic E-state index is 0.0217. The molecule has 4 nitrogen and oxygen atoms in total. The number of fused-ring (bicyclic) bond motifs is 1. The van der Waals surface area contributed by atoms with Crippen LogP contribution in [0.5, 0.6) is 0 Å². The zero-order chi connectivity index (χ0) is 18.1. The first-order chi connectivity index (χ1) is 12.6. The Kier molecular flexibility index (Phi) is 4.17. The number of pyridine rings is 1. The highest BCUT2D eigenvalue weighted by Crippen LogP contribution is 2.33. The Morgan fingerprint density at radius 3 is 2.38 bits per heavy atom. The van der Waals surface area contributed by atoms with E-state index >= 15 is 0 Å². The van der Waals surface area contributed by atoms with E-state index in [2.05, 4.69) is 45.9 Å². The summed E-state index contributed by atoms with van der Waals surface area (Å²) in [6.07, 6.45) is 0.395. The number of benzene rings is 2. The summed E-state index contributed by atoms with van der Waals surface area (Å²) in [6, 6.07) is 20.3. The van der Waals surface area contributed by atoms with Crippen LogP contribution < -0.4 is 10.6 Å². The second-order valence-corrected chi connectivity index (χ2v) is 6.76. The van der Waals surface area contributed by atoms with Gasteiger partial charge in [-0.1, -0.05) is 30.3 Å². The second-order valence-electron chi connectivity index (χ2n) is 6.76. The summed E-state index contributed by atoms with van der Waals surface area (Å²) in [7, 11) is 0. The first kappa shape index (κ1) is 16.3. The highest BCUT2D eigenvalue weighted by atomic mass is 16.1. The summed E-state index contributed by atoms with van der Waals surface area (Å²) in [5, 5.41) is 6.49. The molecule has 2 aromatic carbocycles. The molecule has 0 spiro atoms. The van der Waals surface area contributed by atoms with E-state index in [1.165, 1.54) is 0 Å². The quantitative estimate of drug-likeness (QED) is 0.698. The molecule has 0 radical (unpaired) electrons. The molecule has 26 heavy (non-hydrogen) atoms. The number of hydrogen-bond donors (Lipinski definition) is 2. The molecule has 4 heteroatoms. The average Bonchev–Trinajstić information content (AvgIpc) is 2.79. The number of carbonyl (C=O) groups excluding carboxylic acids is 1. The van der Waals surface area contributed by atoms with Crippen LogP contribution in [-0.2, 0) is 4.79 Å². The standard InChI is InChI=1S/C22H21N3O/c1-14-10-18(11-15(2)23-14)16-6-5-7-17(12-16)21-13-22(26)25-20-9-4-3-8-19(20)24-21/h3-12,21,24H,13H2,1-2H3,(H,25,26). The SMILES string of the molecule is Cc1cc(-c2cccc(C3CC(=O)Nc4ccccc4N3)c2)cc(C)n1. The van der Waals surface area contributed by atoms with E-state index in [9.17, 15) is 4.79 Å². The van der Waals surface area contributed by atoms with Crippen molar-refractivity contribution >= 4 is 17.3 Å². The summed E-state index contributed by atoms with van der Waals surface area (Å²) in [4.78, 5) is 16.8. The van der Waals surface area contributed by atoms with Crippen LogP contribution in [0.15, 0.2) is 60.7 Å². The lowest BCUT2D eigenvalue weighted by Crippen LogP contribution is -2.15. The monoisotopic (exact) mass is 343 g/mol. The molecule has 1 aliphatic heterocycles. The van der Waals surface area contributed by atoms with Crippen molar-refractivity contribution in [3.8, 4) is 11.1 Å². The molecule has 0 saturated heterocycles. The summed E-state index contributed by atoms with van der Waals surface area (Å²) >= 11 is 0. The molecule has 130 valence electrons. The van der Waals surface area contributed by atoms with Crippen LogP contribution in [0.3, 0.4) is 0 Å². The van der Waals surface area contributed by atoms with Crippen molar-refractivity contribution in [1.82, 2.24) is 4.98 Å². The molecule has 1 aromatic heterocycles. The van der Waals surface area contributed by atoms with Crippen LogP contribution in [0, 0.1) is 13.8 Å². The molecule has 1 atom stereocenters. The first-order valence-corrected chi connectivity index (χ1v) is 8.79. The van der Waals surface area contributed by atoms with Crippen LogP contribution in [0.2, 0.25) is 0 Å². The smallest absolute Gasteiger partial charge is 0.226 e. The minimum Gasteiger partial charge on any atom is -0.376 e. The van der Waals surface area contributed by atoms with Gasteiger partial charge in [0.2, 0.25) is 5.91 Å². The number of aryl methyl sites for hydroxylation is 2. The minimum atomic E-state index is -0.0670. The highest BCUT2D eigenvalue weighted by Gasteiger charge is 2.22. The van der Waals surface area contributed by atoms with Gasteiger partial charge >= 0.3 is 0 Å². The summed E-state index contributed by atoms with van der Waals surface area (Å²) in [6.45, 7) is 4.02. The number of hydrogen-bond acceptors (Lipinski definition) is 3. The van der Waals surface area contributed by atoms with Gasteiger partial charge < -0.3 is 10.6 Å². The topological polar surface area (TPSA) is 54.0 Å². The van der Waals surface area contributed by atoms with Gasteiger partial charge in [0.05, 0.1) is 23.8 Å². The van der Waals surface area contributed by atoms with Gasteiger partial charge in [0.15, 0.2) is 0 Å². The van der Waals surface area contributed by atoms with Gasteiger partial charge in [-0.2, -0.15) is 0 Å². The fraction of sp³-hybridized carbons (Fsp3) is 0.182. The Labute approximate surface area is 153 Å². The number of anilines is 2. The number of carbonyl (C=O) groups is 1. The summed E-state index contributed by atoms with van der Waals surface area (Å²) in [5.41, 5.74) is 7.17. The first-order valence-electron chi connectivity index (χ1n) is 8.79. The van der Waals surface area contributed by atoms with Crippen molar-refractivity contribution in [2.45, 2.75) is 26.3 Å². The lowest BCUT2D eigenvalue weighted by molar-refractivity contribution is -0.116. The second kappa shape index (κ2) is 6.64. The molecule has 0 aliphatic carbocycles. The molecule has 3 aromatic rings. The van der Waals surface area contributed by atoms with Gasteiger partial charge in [0.25, 0.3) is 0 Å². The van der Waals surface area contributed by atoms with Crippen molar-refractivity contribution in [3.05, 3.63) is 77.6 Å². The van der Waals surface area contributed by atoms with E-state index in [0.29, 0.717) is 6.42 Å². The van der Waals surface area contributed by atoms with Crippen molar-refractivity contribution in [3.63, 3.8) is 0 Å². The van der Waals surface area contributed by atoms with E-state index in [4.69, 9.17) is 0 Å². The van der Waals surface area contributed by atoms with Crippen LogP contribution >= 0.6 is 0 Å². The van der Waals surface area contributed by atoms with Crippen LogP contribution in [-0.4, -0.2) is 10.9 Å². The number of nitrogens with one attached hydrogen (secondary N) is 2. The van der Waals surface area contributed by atoms with E-state index < -0.39 is 0 Å². The van der Waals surface area contributed by atoms with Crippen molar-refractivity contribution in [2.75, 3.05) is 10.6 Å². The Hall–Kier alpha value is -3.14. The third kappa shape index (κ3) is 3.31. The Bertz CT molecular complexity index is 960. The Morgan fingerprint density at radius 2 is 1.62 bits per heavy atom. The third-order valence-corrected chi connectivity index (χ3v) is 4.62. The predicted octanol–water partition coefficient (Wildman–Crippen LogP) is 4.86. The van der Waals surface area contributed by atoms with Gasteiger partial charge in [-0.15, -0.1) is 0 Å². The molecule has 2 heterocycles. The van der Waals surface area contributed by atoms with Crippen LogP contribution in [0.4, 0.5) is 11.4 Å². The fourth-order valence-electron chi connectivity index (χ4n) is 3.48. The molecule has 0 saturated carbocycles. The maximum atomic E-state index is 12.3. The highest BCUT2D eigenvalue weighted by molar-refractivity contribution is 5.96. The van der Waals surface area contributed by atoms with Gasteiger partial charge in [-0.3, -0.25) is 9.78 Å². The molecular weight excluding hydrogens is 322 g/mol. The average molecular weight is 343 g/mol. The predicted molar refractivity (Wildman–Crippen MR) is 105 cm³/mol. The van der Waals surface area contributed by atoms with Gasteiger partial charge in [0.1, 0.15) is 0 Å². The Balaban J connectivity index is 1.71. The maximum Gasteiger partial charge on any atom is 0.226 e. The largest absolute Gasteiger partial charge is 0.376 e.